The van der Waals surface area contributed by atoms with Crippen LogP contribution < -0.4 is 9.64 Å². The smallest absolute Gasteiger partial charge is 0.430 e. The highest BCUT2D eigenvalue weighted by molar-refractivity contribution is 6.33. The summed E-state index contributed by atoms with van der Waals surface area (Å²) in [7, 11) is 0. The van der Waals surface area contributed by atoms with Gasteiger partial charge < -0.3 is 14.4 Å². The van der Waals surface area contributed by atoms with Crippen LogP contribution in [0.3, 0.4) is 0 Å². The van der Waals surface area contributed by atoms with E-state index in [1.807, 2.05) is 4.90 Å². The Kier molecular flexibility index (Phi) is 4.86. The van der Waals surface area contributed by atoms with Crippen molar-refractivity contribution in [3.8, 4) is 5.75 Å². The zero-order chi connectivity index (χ0) is 18.2. The summed E-state index contributed by atoms with van der Waals surface area (Å²) < 4.78 is 50.0. The molecule has 3 rings (SSSR count). The molecule has 0 bridgehead atoms. The van der Waals surface area contributed by atoms with E-state index in [-0.39, 0.29) is 12.4 Å². The number of fused-ring (bicyclic) bond motifs is 1. The van der Waals surface area contributed by atoms with Gasteiger partial charge in [-0.15, -0.1) is 0 Å². The number of hydrogen-bond donors (Lipinski definition) is 0. The average Bonchev–Trinajstić information content (AvgIpc) is 3.06. The molecule has 136 valence electrons. The maximum absolute atomic E-state index is 13.4. The maximum Gasteiger partial charge on any atom is 0.430 e. The van der Waals surface area contributed by atoms with Crippen LogP contribution in [0, 0.1) is 0 Å². The van der Waals surface area contributed by atoms with Crippen molar-refractivity contribution in [3.05, 3.63) is 28.3 Å². The summed E-state index contributed by atoms with van der Waals surface area (Å²) in [6, 6.07) is 3.04. The lowest BCUT2D eigenvalue weighted by Gasteiger charge is -2.29. The first kappa shape index (κ1) is 17.9. The highest BCUT2D eigenvalue weighted by atomic mass is 35.5. The number of rotatable bonds is 3. The van der Waals surface area contributed by atoms with E-state index >= 15 is 0 Å². The third-order valence-corrected chi connectivity index (χ3v) is 4.48. The molecule has 0 N–H and O–H groups in total. The van der Waals surface area contributed by atoms with E-state index in [0.29, 0.717) is 16.3 Å². The molecule has 4 nitrogen and oxygen atoms in total. The molecule has 1 aromatic rings. The summed E-state index contributed by atoms with van der Waals surface area (Å²) in [5, 5.41) is 0.411. The fourth-order valence-electron chi connectivity index (χ4n) is 3.03. The van der Waals surface area contributed by atoms with Gasteiger partial charge in [0.05, 0.1) is 22.9 Å². The van der Waals surface area contributed by atoms with Gasteiger partial charge in [-0.2, -0.15) is 13.2 Å². The molecule has 1 atom stereocenters. The second-order valence-corrected chi connectivity index (χ2v) is 6.30. The molecule has 25 heavy (non-hydrogen) atoms. The molecular formula is C17H17ClF3NO3. The average molecular weight is 376 g/mol. The van der Waals surface area contributed by atoms with Gasteiger partial charge >= 0.3 is 12.1 Å². The lowest BCUT2D eigenvalue weighted by atomic mass is 10.0. The summed E-state index contributed by atoms with van der Waals surface area (Å²) in [5.74, 6) is -0.989. The van der Waals surface area contributed by atoms with Crippen molar-refractivity contribution in [1.82, 2.24) is 0 Å². The maximum atomic E-state index is 13.4. The molecule has 0 radical (unpaired) electrons. The number of carbonyl (C=O) groups excluding carboxylic acids is 1. The van der Waals surface area contributed by atoms with Crippen LogP contribution >= 0.6 is 11.6 Å². The molecule has 1 fully saturated rings. The zero-order valence-electron chi connectivity index (χ0n) is 13.5. The second kappa shape index (κ2) is 6.78. The van der Waals surface area contributed by atoms with E-state index in [1.54, 1.807) is 0 Å². The Hall–Kier alpha value is -1.89. The molecule has 1 saturated heterocycles. The Labute approximate surface area is 148 Å². The largest absolute Gasteiger partial charge is 0.475 e. The van der Waals surface area contributed by atoms with Gasteiger partial charge in [-0.25, -0.2) is 4.79 Å². The molecular weight excluding hydrogens is 359 g/mol. The van der Waals surface area contributed by atoms with Gasteiger partial charge in [-0.05, 0) is 31.9 Å². The predicted octanol–water partition coefficient (Wildman–Crippen LogP) is 4.21. The standard InChI is InChI=1S/C17H17ClF3NO3/c1-2-24-16(23)11-7-10-8-12(18)13(22-5-3-4-6-22)9-14(10)25-15(11)17(19,20)21/h7-9,15H,2-6H2,1H3. The van der Waals surface area contributed by atoms with Gasteiger partial charge in [-0.1, -0.05) is 11.6 Å². The van der Waals surface area contributed by atoms with E-state index < -0.39 is 23.8 Å². The molecule has 0 amide bonds. The topological polar surface area (TPSA) is 38.8 Å². The fourth-order valence-corrected chi connectivity index (χ4v) is 3.32. The lowest BCUT2D eigenvalue weighted by molar-refractivity contribution is -0.187. The molecule has 2 aliphatic rings. The van der Waals surface area contributed by atoms with Crippen molar-refractivity contribution >= 4 is 29.3 Å². The molecule has 0 spiro atoms. The van der Waals surface area contributed by atoms with Crippen molar-refractivity contribution in [1.29, 1.82) is 0 Å². The van der Waals surface area contributed by atoms with Gasteiger partial charge in [0.1, 0.15) is 5.75 Å². The highest BCUT2D eigenvalue weighted by Crippen LogP contribution is 2.42. The summed E-state index contributed by atoms with van der Waals surface area (Å²) in [6.07, 6.45) is -3.93. The van der Waals surface area contributed by atoms with Crippen LogP contribution in [0.2, 0.25) is 5.02 Å². The predicted molar refractivity (Wildman–Crippen MR) is 88.0 cm³/mol. The Morgan fingerprint density at radius 3 is 2.64 bits per heavy atom. The number of alkyl halides is 3. The Morgan fingerprint density at radius 1 is 1.36 bits per heavy atom. The zero-order valence-corrected chi connectivity index (χ0v) is 14.3. The third-order valence-electron chi connectivity index (χ3n) is 4.17. The minimum Gasteiger partial charge on any atom is -0.475 e. The number of nitrogens with zero attached hydrogens (tertiary/aromatic N) is 1. The van der Waals surface area contributed by atoms with Crippen LogP contribution in [0.5, 0.6) is 5.75 Å². The number of carbonyl (C=O) groups is 1. The van der Waals surface area contributed by atoms with E-state index in [2.05, 4.69) is 0 Å². The quantitative estimate of drug-likeness (QED) is 0.742. The number of halogens is 4. The summed E-state index contributed by atoms with van der Waals surface area (Å²) in [4.78, 5) is 13.9. The van der Waals surface area contributed by atoms with Gasteiger partial charge in [0.15, 0.2) is 0 Å². The Balaban J connectivity index is 2.03. The normalized spacial score (nSPS) is 20.0. The SMILES string of the molecule is CCOC(=O)C1=Cc2cc(Cl)c(N3CCCC3)cc2OC1C(F)(F)F. The number of anilines is 1. The van der Waals surface area contributed by atoms with Crippen molar-refractivity contribution in [2.45, 2.75) is 32.0 Å². The summed E-state index contributed by atoms with van der Waals surface area (Å²) >= 11 is 6.29. The van der Waals surface area contributed by atoms with Crippen LogP contribution in [0.1, 0.15) is 25.3 Å². The van der Waals surface area contributed by atoms with Gasteiger partial charge in [0.25, 0.3) is 0 Å². The second-order valence-electron chi connectivity index (χ2n) is 5.90. The Bertz CT molecular complexity index is 712. The fraction of sp³-hybridized carbons (Fsp3) is 0.471. The molecule has 8 heteroatoms. The summed E-state index contributed by atoms with van der Waals surface area (Å²) in [6.45, 7) is 3.09. The van der Waals surface area contributed by atoms with Crippen LogP contribution in [0.4, 0.5) is 18.9 Å². The molecule has 0 aromatic heterocycles. The minimum absolute atomic E-state index is 0.0255. The molecule has 2 aliphatic heterocycles. The number of hydrogen-bond acceptors (Lipinski definition) is 4. The number of ether oxygens (including phenoxy) is 2. The van der Waals surface area contributed by atoms with Crippen molar-refractivity contribution < 1.29 is 27.4 Å². The van der Waals surface area contributed by atoms with Crippen molar-refractivity contribution in [3.63, 3.8) is 0 Å². The third kappa shape index (κ3) is 3.56. The molecule has 2 heterocycles. The van der Waals surface area contributed by atoms with E-state index in [9.17, 15) is 18.0 Å². The molecule has 1 unspecified atom stereocenters. The van der Waals surface area contributed by atoms with Crippen LogP contribution in [-0.2, 0) is 9.53 Å². The molecule has 0 saturated carbocycles. The monoisotopic (exact) mass is 375 g/mol. The van der Waals surface area contributed by atoms with E-state index in [4.69, 9.17) is 21.1 Å². The minimum atomic E-state index is -4.73. The van der Waals surface area contributed by atoms with Gasteiger partial charge in [0, 0.05) is 24.7 Å². The lowest BCUT2D eigenvalue weighted by Crippen LogP contribution is -2.40. The van der Waals surface area contributed by atoms with Gasteiger partial charge in [0.2, 0.25) is 6.10 Å². The first-order valence-corrected chi connectivity index (χ1v) is 8.39. The number of benzene rings is 1. The van der Waals surface area contributed by atoms with Crippen LogP contribution in [0.25, 0.3) is 6.08 Å². The van der Waals surface area contributed by atoms with Crippen LogP contribution in [-0.4, -0.2) is 37.9 Å². The summed E-state index contributed by atoms with van der Waals surface area (Å²) in [5.41, 5.74) is 0.398. The van der Waals surface area contributed by atoms with E-state index in [1.165, 1.54) is 19.1 Å². The van der Waals surface area contributed by atoms with Gasteiger partial charge in [-0.3, -0.25) is 0 Å². The van der Waals surface area contributed by atoms with Crippen molar-refractivity contribution in [2.24, 2.45) is 0 Å². The van der Waals surface area contributed by atoms with E-state index in [0.717, 1.165) is 32.0 Å². The highest BCUT2D eigenvalue weighted by Gasteiger charge is 2.49. The first-order chi connectivity index (χ1) is 11.8. The molecule has 0 aliphatic carbocycles. The first-order valence-electron chi connectivity index (χ1n) is 8.02. The number of esters is 1. The Morgan fingerprint density at radius 2 is 2.04 bits per heavy atom. The van der Waals surface area contributed by atoms with Crippen molar-refractivity contribution in [2.75, 3.05) is 24.6 Å². The molecule has 1 aromatic carbocycles. The van der Waals surface area contributed by atoms with Crippen LogP contribution in [0.15, 0.2) is 17.7 Å².